The first-order valence-corrected chi connectivity index (χ1v) is 6.04. The van der Waals surface area contributed by atoms with Gasteiger partial charge in [0, 0.05) is 25.3 Å². The van der Waals surface area contributed by atoms with E-state index < -0.39 is 11.6 Å². The van der Waals surface area contributed by atoms with Gasteiger partial charge in [-0.1, -0.05) is 24.3 Å². The third-order valence-electron chi connectivity index (χ3n) is 3.04. The molecule has 0 fully saturated rings. The van der Waals surface area contributed by atoms with Gasteiger partial charge in [-0.05, 0) is 29.8 Å². The number of hydrogen-bond acceptors (Lipinski definition) is 2. The highest BCUT2D eigenvalue weighted by atomic mass is 19.2. The Morgan fingerprint density at radius 1 is 1.05 bits per heavy atom. The van der Waals surface area contributed by atoms with Crippen LogP contribution in [0.3, 0.4) is 0 Å². The highest BCUT2D eigenvalue weighted by molar-refractivity contribution is 5.45. The van der Waals surface area contributed by atoms with E-state index in [1.165, 1.54) is 6.07 Å². The first-order chi connectivity index (χ1) is 9.08. The van der Waals surface area contributed by atoms with Crippen LogP contribution in [0.4, 0.5) is 14.5 Å². The first-order valence-electron chi connectivity index (χ1n) is 6.04. The Morgan fingerprint density at radius 2 is 1.74 bits per heavy atom. The topological polar surface area (TPSA) is 29.3 Å². The van der Waals surface area contributed by atoms with Crippen molar-refractivity contribution in [3.8, 4) is 0 Å². The average Bonchev–Trinajstić information content (AvgIpc) is 2.42. The van der Waals surface area contributed by atoms with Gasteiger partial charge in [-0.25, -0.2) is 8.78 Å². The molecule has 1 atom stereocenters. The molecule has 4 heteroatoms. The zero-order valence-corrected chi connectivity index (χ0v) is 10.7. The maximum atomic E-state index is 13.2. The Kier molecular flexibility index (Phi) is 4.12. The fourth-order valence-corrected chi connectivity index (χ4v) is 1.93. The Morgan fingerprint density at radius 3 is 2.37 bits per heavy atom. The summed E-state index contributed by atoms with van der Waals surface area (Å²) in [4.78, 5) is 1.98. The molecule has 2 nitrogen and oxygen atoms in total. The summed E-state index contributed by atoms with van der Waals surface area (Å²) in [7, 11) is 1.91. The van der Waals surface area contributed by atoms with E-state index in [1.807, 2.05) is 42.3 Å². The molecule has 0 bridgehead atoms. The van der Waals surface area contributed by atoms with Gasteiger partial charge in [0.2, 0.25) is 0 Å². The lowest BCUT2D eigenvalue weighted by Gasteiger charge is -2.23. The van der Waals surface area contributed by atoms with Gasteiger partial charge in [-0.2, -0.15) is 0 Å². The molecule has 0 saturated carbocycles. The normalized spacial score (nSPS) is 12.2. The minimum absolute atomic E-state index is 0.375. The predicted octanol–water partition coefficient (Wildman–Crippen LogP) is 3.10. The number of hydrogen-bond donors (Lipinski definition) is 1. The molecule has 0 amide bonds. The van der Waals surface area contributed by atoms with Crippen LogP contribution in [0.25, 0.3) is 0 Å². The van der Waals surface area contributed by atoms with Crippen molar-refractivity contribution in [3.63, 3.8) is 0 Å². The Labute approximate surface area is 111 Å². The third kappa shape index (κ3) is 3.29. The molecule has 2 aromatic rings. The second-order valence-corrected chi connectivity index (χ2v) is 4.50. The molecule has 19 heavy (non-hydrogen) atoms. The molecule has 0 saturated heterocycles. The summed E-state index contributed by atoms with van der Waals surface area (Å²) in [6, 6.07) is 13.2. The van der Waals surface area contributed by atoms with E-state index in [0.717, 1.165) is 17.8 Å². The number of para-hydroxylation sites is 1. The first kappa shape index (κ1) is 13.5. The van der Waals surface area contributed by atoms with Crippen molar-refractivity contribution in [2.75, 3.05) is 18.5 Å². The fourth-order valence-electron chi connectivity index (χ4n) is 1.93. The van der Waals surface area contributed by atoms with Crippen molar-refractivity contribution in [1.29, 1.82) is 0 Å². The molecule has 0 radical (unpaired) electrons. The summed E-state index contributed by atoms with van der Waals surface area (Å²) in [5, 5.41) is 0. The lowest BCUT2D eigenvalue weighted by atomic mass is 10.1. The molecule has 1 unspecified atom stereocenters. The number of halogens is 2. The third-order valence-corrected chi connectivity index (χ3v) is 3.04. The summed E-state index contributed by atoms with van der Waals surface area (Å²) in [6.45, 7) is 0.523. The van der Waals surface area contributed by atoms with E-state index in [2.05, 4.69) is 0 Å². The monoisotopic (exact) mass is 262 g/mol. The SMILES string of the molecule is CN(CC(N)c1ccc(F)c(F)c1)c1ccccc1. The number of anilines is 1. The zero-order valence-electron chi connectivity index (χ0n) is 10.7. The average molecular weight is 262 g/mol. The van der Waals surface area contributed by atoms with Gasteiger partial charge in [0.15, 0.2) is 11.6 Å². The van der Waals surface area contributed by atoms with Gasteiger partial charge < -0.3 is 10.6 Å². The lowest BCUT2D eigenvalue weighted by Crippen LogP contribution is -2.29. The minimum Gasteiger partial charge on any atom is -0.373 e. The van der Waals surface area contributed by atoms with Crippen LogP contribution in [0, 0.1) is 11.6 Å². The van der Waals surface area contributed by atoms with E-state index >= 15 is 0 Å². The highest BCUT2D eigenvalue weighted by Gasteiger charge is 2.12. The Bertz CT molecular complexity index is 543. The van der Waals surface area contributed by atoms with E-state index in [1.54, 1.807) is 0 Å². The zero-order chi connectivity index (χ0) is 13.8. The number of rotatable bonds is 4. The van der Waals surface area contributed by atoms with Gasteiger partial charge in [0.25, 0.3) is 0 Å². The van der Waals surface area contributed by atoms with E-state index in [4.69, 9.17) is 5.73 Å². The second kappa shape index (κ2) is 5.80. The van der Waals surface area contributed by atoms with Gasteiger partial charge >= 0.3 is 0 Å². The molecular formula is C15H16F2N2. The van der Waals surface area contributed by atoms with E-state index in [0.29, 0.717) is 12.1 Å². The minimum atomic E-state index is -0.865. The standard InChI is InChI=1S/C15H16F2N2/c1-19(12-5-3-2-4-6-12)10-15(18)11-7-8-13(16)14(17)9-11/h2-9,15H,10,18H2,1H3. The molecule has 0 aromatic heterocycles. The van der Waals surface area contributed by atoms with Crippen molar-refractivity contribution in [2.45, 2.75) is 6.04 Å². The van der Waals surface area contributed by atoms with Crippen molar-refractivity contribution in [3.05, 3.63) is 65.7 Å². The Balaban J connectivity index is 2.08. The predicted molar refractivity (Wildman–Crippen MR) is 73.0 cm³/mol. The molecule has 2 aromatic carbocycles. The van der Waals surface area contributed by atoms with Crippen LogP contribution >= 0.6 is 0 Å². The molecule has 0 heterocycles. The molecule has 0 spiro atoms. The molecule has 2 N–H and O–H groups in total. The number of nitrogens with zero attached hydrogens (tertiary/aromatic N) is 1. The van der Waals surface area contributed by atoms with Crippen LogP contribution in [-0.4, -0.2) is 13.6 Å². The lowest BCUT2D eigenvalue weighted by molar-refractivity contribution is 0.505. The highest BCUT2D eigenvalue weighted by Crippen LogP contribution is 2.18. The van der Waals surface area contributed by atoms with Crippen LogP contribution in [0.5, 0.6) is 0 Å². The maximum absolute atomic E-state index is 13.2. The van der Waals surface area contributed by atoms with Gasteiger partial charge in [0.05, 0.1) is 0 Å². The second-order valence-electron chi connectivity index (χ2n) is 4.50. The van der Waals surface area contributed by atoms with Crippen molar-refractivity contribution >= 4 is 5.69 Å². The number of likely N-dealkylation sites (N-methyl/N-ethyl adjacent to an activating group) is 1. The summed E-state index contributed by atoms with van der Waals surface area (Å²) in [5.74, 6) is -1.72. The summed E-state index contributed by atoms with van der Waals surface area (Å²) in [5.41, 5.74) is 7.63. The molecule has 2 rings (SSSR count). The van der Waals surface area contributed by atoms with Crippen LogP contribution in [0.2, 0.25) is 0 Å². The van der Waals surface area contributed by atoms with Crippen molar-refractivity contribution in [2.24, 2.45) is 5.73 Å². The van der Waals surface area contributed by atoms with E-state index in [9.17, 15) is 8.78 Å². The van der Waals surface area contributed by atoms with Crippen LogP contribution in [-0.2, 0) is 0 Å². The van der Waals surface area contributed by atoms with Crippen LogP contribution < -0.4 is 10.6 Å². The maximum Gasteiger partial charge on any atom is 0.159 e. The van der Waals surface area contributed by atoms with Gasteiger partial charge in [0.1, 0.15) is 0 Å². The number of nitrogens with two attached hydrogens (primary N) is 1. The van der Waals surface area contributed by atoms with Crippen molar-refractivity contribution in [1.82, 2.24) is 0 Å². The smallest absolute Gasteiger partial charge is 0.159 e. The van der Waals surface area contributed by atoms with Gasteiger partial charge in [-0.15, -0.1) is 0 Å². The summed E-state index contributed by atoms with van der Waals surface area (Å²) in [6.07, 6.45) is 0. The van der Waals surface area contributed by atoms with Gasteiger partial charge in [-0.3, -0.25) is 0 Å². The number of benzene rings is 2. The summed E-state index contributed by atoms with van der Waals surface area (Å²) >= 11 is 0. The largest absolute Gasteiger partial charge is 0.373 e. The van der Waals surface area contributed by atoms with E-state index in [-0.39, 0.29) is 6.04 Å². The molecule has 0 aliphatic rings. The molecular weight excluding hydrogens is 246 g/mol. The van der Waals surface area contributed by atoms with Crippen molar-refractivity contribution < 1.29 is 8.78 Å². The molecule has 100 valence electrons. The van der Waals surface area contributed by atoms with Crippen LogP contribution in [0.15, 0.2) is 48.5 Å². The summed E-state index contributed by atoms with van der Waals surface area (Å²) < 4.78 is 26.0. The fraction of sp³-hybridized carbons (Fsp3) is 0.200. The quantitative estimate of drug-likeness (QED) is 0.917. The molecule has 0 aliphatic carbocycles. The van der Waals surface area contributed by atoms with Crippen LogP contribution in [0.1, 0.15) is 11.6 Å². The molecule has 0 aliphatic heterocycles. The Hall–Kier alpha value is -1.94.